The van der Waals surface area contributed by atoms with Gasteiger partial charge in [-0.05, 0) is 53.8 Å². The molecule has 28 heavy (non-hydrogen) atoms. The molecule has 1 heterocycles. The van der Waals surface area contributed by atoms with Crippen LogP contribution < -0.4 is 5.32 Å². The van der Waals surface area contributed by atoms with Crippen LogP contribution >= 0.6 is 11.8 Å². The van der Waals surface area contributed by atoms with Gasteiger partial charge in [-0.25, -0.2) is 0 Å². The second-order valence-corrected chi connectivity index (χ2v) is 8.18. The molecule has 3 rings (SSSR count). The van der Waals surface area contributed by atoms with Crippen molar-refractivity contribution in [1.82, 2.24) is 25.5 Å². The second kappa shape index (κ2) is 9.69. The van der Waals surface area contributed by atoms with Gasteiger partial charge in [0.25, 0.3) is 0 Å². The molecule has 148 valence electrons. The quantitative estimate of drug-likeness (QED) is 0.684. The Labute approximate surface area is 169 Å². The second-order valence-electron chi connectivity index (χ2n) is 7.23. The van der Waals surface area contributed by atoms with Crippen LogP contribution in [0.5, 0.6) is 0 Å². The fourth-order valence-corrected chi connectivity index (χ4v) is 4.16. The third-order valence-electron chi connectivity index (χ3n) is 5.07. The maximum absolute atomic E-state index is 12.4. The zero-order chi connectivity index (χ0) is 19.8. The fourth-order valence-electron chi connectivity index (χ4n) is 3.47. The van der Waals surface area contributed by atoms with Crippen LogP contribution in [0.2, 0.25) is 0 Å². The standard InChI is InChI=1S/C20H26N6OS/c1-2-3-7-16-8-10-17(11-9-16)26-19(23-24-25-26)28-14-18(27)22-20(15-21)12-5-4-6-13-20/h8-11H,2-7,12-14H2,1H3,(H,22,27). The molecule has 8 heteroatoms. The van der Waals surface area contributed by atoms with Gasteiger partial charge in [0.15, 0.2) is 0 Å². The summed E-state index contributed by atoms with van der Waals surface area (Å²) in [4.78, 5) is 12.4. The Morgan fingerprint density at radius 3 is 2.71 bits per heavy atom. The molecule has 1 aliphatic rings. The third kappa shape index (κ3) is 5.10. The maximum Gasteiger partial charge on any atom is 0.231 e. The van der Waals surface area contributed by atoms with E-state index in [4.69, 9.17) is 0 Å². The molecular weight excluding hydrogens is 372 g/mol. The predicted octanol–water partition coefficient (Wildman–Crippen LogP) is 3.44. The number of nitrogens with one attached hydrogen (secondary N) is 1. The van der Waals surface area contributed by atoms with Crippen LogP contribution in [-0.4, -0.2) is 37.4 Å². The lowest BCUT2D eigenvalue weighted by molar-refractivity contribution is -0.120. The van der Waals surface area contributed by atoms with Gasteiger partial charge in [0.2, 0.25) is 11.1 Å². The number of nitriles is 1. The van der Waals surface area contributed by atoms with Crippen LogP contribution in [0.3, 0.4) is 0 Å². The van der Waals surface area contributed by atoms with Crippen LogP contribution in [0, 0.1) is 11.3 Å². The number of carbonyl (C=O) groups excluding carboxylic acids is 1. The molecule has 1 aliphatic carbocycles. The maximum atomic E-state index is 12.4. The first-order chi connectivity index (χ1) is 13.7. The number of tetrazole rings is 1. The van der Waals surface area contributed by atoms with Gasteiger partial charge >= 0.3 is 0 Å². The van der Waals surface area contributed by atoms with Crippen LogP contribution in [-0.2, 0) is 11.2 Å². The molecule has 0 atom stereocenters. The average molecular weight is 399 g/mol. The highest BCUT2D eigenvalue weighted by Gasteiger charge is 2.33. The molecule has 0 unspecified atom stereocenters. The first kappa shape index (κ1) is 20.3. The van der Waals surface area contributed by atoms with Crippen molar-refractivity contribution in [2.24, 2.45) is 0 Å². The summed E-state index contributed by atoms with van der Waals surface area (Å²) in [6.45, 7) is 2.18. The number of nitrogens with zero attached hydrogens (tertiary/aromatic N) is 5. The molecule has 1 aromatic heterocycles. The Morgan fingerprint density at radius 2 is 2.04 bits per heavy atom. The summed E-state index contributed by atoms with van der Waals surface area (Å²) >= 11 is 1.28. The third-order valence-corrected chi connectivity index (χ3v) is 5.99. The number of hydrogen-bond acceptors (Lipinski definition) is 6. The number of aromatic nitrogens is 4. The van der Waals surface area contributed by atoms with Crippen molar-refractivity contribution in [2.45, 2.75) is 69.0 Å². The summed E-state index contributed by atoms with van der Waals surface area (Å²) in [5, 5.41) is 24.8. The van der Waals surface area contributed by atoms with Gasteiger partial charge in [-0.1, -0.05) is 56.5 Å². The molecule has 0 saturated heterocycles. The Bertz CT molecular complexity index is 820. The smallest absolute Gasteiger partial charge is 0.231 e. The number of amides is 1. The van der Waals surface area contributed by atoms with Crippen LogP contribution in [0.4, 0.5) is 0 Å². The lowest BCUT2D eigenvalue weighted by Gasteiger charge is -2.31. The molecule has 1 aromatic carbocycles. The minimum atomic E-state index is -0.712. The number of unbranched alkanes of at least 4 members (excludes halogenated alkanes) is 1. The summed E-state index contributed by atoms with van der Waals surface area (Å²) < 4.78 is 1.64. The molecule has 2 aromatic rings. The molecular formula is C20H26N6OS. The van der Waals surface area contributed by atoms with Crippen LogP contribution in [0.25, 0.3) is 5.69 Å². The molecule has 1 saturated carbocycles. The van der Waals surface area contributed by atoms with E-state index in [1.54, 1.807) is 4.68 Å². The highest BCUT2D eigenvalue weighted by Crippen LogP contribution is 2.28. The van der Waals surface area contributed by atoms with Crippen molar-refractivity contribution in [1.29, 1.82) is 5.26 Å². The van der Waals surface area contributed by atoms with Crippen molar-refractivity contribution < 1.29 is 4.79 Å². The summed E-state index contributed by atoms with van der Waals surface area (Å²) in [6.07, 6.45) is 7.94. The first-order valence-electron chi connectivity index (χ1n) is 9.88. The van der Waals surface area contributed by atoms with Gasteiger partial charge in [0.05, 0.1) is 17.5 Å². The van der Waals surface area contributed by atoms with Crippen molar-refractivity contribution in [2.75, 3.05) is 5.75 Å². The summed E-state index contributed by atoms with van der Waals surface area (Å²) in [5.74, 6) is 0.0242. The predicted molar refractivity (Wildman–Crippen MR) is 108 cm³/mol. The van der Waals surface area contributed by atoms with Crippen molar-refractivity contribution in [3.63, 3.8) is 0 Å². The summed E-state index contributed by atoms with van der Waals surface area (Å²) in [5.41, 5.74) is 1.45. The van der Waals surface area contributed by atoms with E-state index in [9.17, 15) is 10.1 Å². The van der Waals surface area contributed by atoms with Gasteiger partial charge in [-0.15, -0.1) is 5.10 Å². The molecule has 0 radical (unpaired) electrons. The number of carbonyl (C=O) groups is 1. The van der Waals surface area contributed by atoms with Gasteiger partial charge in [0, 0.05) is 0 Å². The van der Waals surface area contributed by atoms with Gasteiger partial charge in [-0.3, -0.25) is 4.79 Å². The van der Waals surface area contributed by atoms with Crippen molar-refractivity contribution in [3.8, 4) is 11.8 Å². The van der Waals surface area contributed by atoms with E-state index in [1.807, 2.05) is 12.1 Å². The Balaban J connectivity index is 1.59. The summed E-state index contributed by atoms with van der Waals surface area (Å²) in [6, 6.07) is 10.5. The van der Waals surface area contributed by atoms with E-state index in [0.29, 0.717) is 5.16 Å². The Kier molecular flexibility index (Phi) is 7.04. The lowest BCUT2D eigenvalue weighted by Crippen LogP contribution is -2.49. The fraction of sp³-hybridized carbons (Fsp3) is 0.550. The van der Waals surface area contributed by atoms with Gasteiger partial charge in [-0.2, -0.15) is 9.94 Å². The molecule has 7 nitrogen and oxygen atoms in total. The minimum absolute atomic E-state index is 0.155. The number of benzene rings is 1. The molecule has 1 amide bonds. The van der Waals surface area contributed by atoms with Crippen molar-refractivity contribution in [3.05, 3.63) is 29.8 Å². The molecule has 0 spiro atoms. The zero-order valence-electron chi connectivity index (χ0n) is 16.2. The topological polar surface area (TPSA) is 96.5 Å². The Morgan fingerprint density at radius 1 is 1.29 bits per heavy atom. The molecule has 1 N–H and O–H groups in total. The average Bonchev–Trinajstić information content (AvgIpc) is 3.20. The normalized spacial score (nSPS) is 15.7. The van der Waals surface area contributed by atoms with Crippen molar-refractivity contribution >= 4 is 17.7 Å². The van der Waals surface area contributed by atoms with Gasteiger partial charge in [0.1, 0.15) is 5.54 Å². The van der Waals surface area contributed by atoms with E-state index < -0.39 is 5.54 Å². The van der Waals surface area contributed by atoms with E-state index >= 15 is 0 Å². The molecule has 0 bridgehead atoms. The Hall–Kier alpha value is -2.40. The zero-order valence-corrected chi connectivity index (χ0v) is 17.0. The number of aryl methyl sites for hydroxylation is 1. The van der Waals surface area contributed by atoms with E-state index in [0.717, 1.165) is 44.2 Å². The lowest BCUT2D eigenvalue weighted by atomic mass is 9.83. The summed E-state index contributed by atoms with van der Waals surface area (Å²) in [7, 11) is 0. The highest BCUT2D eigenvalue weighted by molar-refractivity contribution is 7.99. The number of hydrogen-bond donors (Lipinski definition) is 1. The van der Waals surface area contributed by atoms with Crippen LogP contribution in [0.15, 0.2) is 29.4 Å². The molecule has 1 fully saturated rings. The minimum Gasteiger partial charge on any atom is -0.337 e. The monoisotopic (exact) mass is 398 g/mol. The SMILES string of the molecule is CCCCc1ccc(-n2nnnc2SCC(=O)NC2(C#N)CCCCC2)cc1. The van der Waals surface area contributed by atoms with Crippen LogP contribution in [0.1, 0.15) is 57.4 Å². The van der Waals surface area contributed by atoms with Gasteiger partial charge < -0.3 is 5.32 Å². The number of thioether (sulfide) groups is 1. The van der Waals surface area contributed by atoms with E-state index in [-0.39, 0.29) is 11.7 Å². The van der Waals surface area contributed by atoms with E-state index in [2.05, 4.69) is 46.0 Å². The number of rotatable bonds is 8. The first-order valence-corrected chi connectivity index (χ1v) is 10.9. The highest BCUT2D eigenvalue weighted by atomic mass is 32.2. The van der Waals surface area contributed by atoms with E-state index in [1.165, 1.54) is 30.2 Å². The largest absolute Gasteiger partial charge is 0.337 e. The molecule has 0 aliphatic heterocycles.